The minimum Gasteiger partial charge on any atom is -0.444 e. The number of aldehydes is 1. The molecule has 630 valence electrons. The van der Waals surface area contributed by atoms with Crippen LogP contribution in [0.15, 0.2) is 24.8 Å². The van der Waals surface area contributed by atoms with Gasteiger partial charge < -0.3 is 54.1 Å². The second kappa shape index (κ2) is 42.0. The van der Waals surface area contributed by atoms with Gasteiger partial charge in [0.1, 0.15) is 47.9 Å². The molecule has 4 aromatic heterocycles. The van der Waals surface area contributed by atoms with Crippen molar-refractivity contribution >= 4 is 59.7 Å². The molecule has 0 spiro atoms. The van der Waals surface area contributed by atoms with Crippen LogP contribution in [0.2, 0.25) is 0 Å². The van der Waals surface area contributed by atoms with Crippen molar-refractivity contribution in [3.05, 3.63) is 88.0 Å². The zero-order valence-electron chi connectivity index (χ0n) is 64.6. The Hall–Kier alpha value is -8.51. The number of nitro groups is 4. The monoisotopic (exact) mass is 1630 g/mol. The molecule has 0 radical (unpaired) electrons. The third-order valence-electron chi connectivity index (χ3n) is 19.8. The van der Waals surface area contributed by atoms with Crippen molar-refractivity contribution in [1.82, 2.24) is 74.3 Å². The van der Waals surface area contributed by atoms with Gasteiger partial charge in [-0.15, -0.1) is 12.4 Å². The number of hydrogen-bond donors (Lipinski definition) is 2. The van der Waals surface area contributed by atoms with Crippen LogP contribution in [0.5, 0.6) is 0 Å². The first-order chi connectivity index (χ1) is 52.2. The van der Waals surface area contributed by atoms with Crippen molar-refractivity contribution < 1.29 is 88.2 Å². The Morgan fingerprint density at radius 2 is 0.643 bits per heavy atom. The van der Waals surface area contributed by atoms with Crippen molar-refractivity contribution in [3.63, 3.8) is 0 Å². The molecule has 112 heavy (non-hydrogen) atoms. The Bertz CT molecular complexity index is 3690. The molecule has 0 bridgehead atoms. The van der Waals surface area contributed by atoms with Crippen LogP contribution in [0.1, 0.15) is 225 Å². The molecule has 7 aliphatic rings. The van der Waals surface area contributed by atoms with Gasteiger partial charge in [0, 0.05) is 84.5 Å². The maximum absolute atomic E-state index is 13.0. The largest absolute Gasteiger partial charge is 0.444 e. The lowest BCUT2D eigenvalue weighted by Gasteiger charge is -2.38. The van der Waals surface area contributed by atoms with Crippen molar-refractivity contribution in [2.75, 3.05) is 105 Å². The van der Waals surface area contributed by atoms with E-state index < -0.39 is 114 Å². The van der Waals surface area contributed by atoms with E-state index in [9.17, 15) is 94.8 Å². The van der Waals surface area contributed by atoms with E-state index in [2.05, 4.69) is 40.8 Å². The lowest BCUT2D eigenvalue weighted by molar-refractivity contribution is -0.386. The fraction of sp³-hybridized carbons (Fsp3) is 0.768. The lowest BCUT2D eigenvalue weighted by atomic mass is 9.95. The van der Waals surface area contributed by atoms with Gasteiger partial charge in [-0.2, -0.15) is 20.4 Å². The van der Waals surface area contributed by atoms with Gasteiger partial charge in [0.2, 0.25) is 22.8 Å². The van der Waals surface area contributed by atoms with Gasteiger partial charge >= 0.3 is 41.0 Å². The quantitative estimate of drug-likeness (QED) is 0.0326. The first kappa shape index (κ1) is 92.4. The molecule has 2 N–H and O–H groups in total. The number of carbonyl (C=O) groups is 4. The number of carbonyl (C=O) groups excluding carboxylic acids is 4. The summed E-state index contributed by atoms with van der Waals surface area (Å²) >= 11 is 0. The summed E-state index contributed by atoms with van der Waals surface area (Å²) in [5.41, 5.74) is -7.07. The predicted molar refractivity (Wildman–Crippen MR) is 392 cm³/mol. The molecule has 4 aromatic rings. The molecule has 0 saturated carbocycles. The fourth-order valence-corrected chi connectivity index (χ4v) is 13.9. The zero-order chi connectivity index (χ0) is 81.8. The van der Waals surface area contributed by atoms with Crippen LogP contribution in [-0.2, 0) is 19.0 Å². The number of halogens is 9. The Balaban J connectivity index is 0.000000222. The summed E-state index contributed by atoms with van der Waals surface area (Å²) in [6, 6.07) is -0.464. The van der Waals surface area contributed by atoms with E-state index in [1.54, 1.807) is 30.6 Å². The van der Waals surface area contributed by atoms with E-state index >= 15 is 0 Å². The van der Waals surface area contributed by atoms with E-state index in [4.69, 9.17) is 14.2 Å². The lowest BCUT2D eigenvalue weighted by Crippen LogP contribution is -2.45. The topological polar surface area (TPSA) is 380 Å². The molecule has 11 rings (SSSR count). The van der Waals surface area contributed by atoms with Crippen LogP contribution in [0.4, 0.5) is 72.3 Å². The average Bonchev–Trinajstić information content (AvgIpc) is 1.58. The van der Waals surface area contributed by atoms with Crippen molar-refractivity contribution in [3.8, 4) is 0 Å². The van der Waals surface area contributed by atoms with E-state index in [1.807, 2.05) is 41.5 Å². The minimum absolute atomic E-state index is 0. The number of piperidine rings is 7. The summed E-state index contributed by atoms with van der Waals surface area (Å²) in [5, 5.41) is 64.8. The molecule has 0 aromatic carbocycles. The molecular formula is C69H106ClF8N19O15. The maximum Gasteiger partial charge on any atom is 0.410 e. The summed E-state index contributed by atoms with van der Waals surface area (Å²) in [5.74, 6) is 1.33. The normalized spacial score (nSPS) is 18.8. The Morgan fingerprint density at radius 1 is 0.411 bits per heavy atom. The van der Waals surface area contributed by atoms with Crippen LogP contribution in [-0.4, -0.2) is 229 Å². The standard InChI is InChI=1S/C20H31F2N5O4.C15H23F2N5O2.C14H20F2N4O4.C11H19NO3.C9H12F2N4O2.ClH/c1-20(2,3)31-19(28)25-10-4-14(5-11-25)12-24-8-6-15(7-9-24)26-13-16(27(29)30)17(23-26)18(21)22;16-15(17)14-13(22(23)24)10-21(19-14)12-3-7-20(8-4-12)9-11-1-5-18-6-2-11;1-14(2,3)24-13(21)18-6-4-9(5-7-18)19-8-10(20(22)23)11(17-19)12(15)16;1-11(2,3)15-10(14)12-6-4-9(8-13)5-7-12;10-9(11)8-7(15(16)17)5-14(13-8)6-1-3-12-4-2-6;/h13-15,18H,4-12H2,1-3H3;10-12,15,18H,1-9H2;8-9,12H,4-7H2,1-3H3;8-9H,4-7H2,1-3H3;5-6,9,12H,1-4H2;1H. The van der Waals surface area contributed by atoms with Crippen LogP contribution < -0.4 is 10.6 Å². The van der Waals surface area contributed by atoms with E-state index in [-0.39, 0.29) is 54.7 Å². The molecule has 43 heteroatoms. The van der Waals surface area contributed by atoms with E-state index in [0.717, 1.165) is 154 Å². The molecule has 0 unspecified atom stereocenters. The van der Waals surface area contributed by atoms with Crippen molar-refractivity contribution in [2.24, 2.45) is 17.8 Å². The summed E-state index contributed by atoms with van der Waals surface area (Å²) in [6.07, 6.45) is 3.76. The molecule has 34 nitrogen and oxygen atoms in total. The number of likely N-dealkylation sites (tertiary alicyclic amines) is 5. The second-order valence-electron chi connectivity index (χ2n) is 31.5. The van der Waals surface area contributed by atoms with Crippen LogP contribution in [0, 0.1) is 58.2 Å². The number of aromatic nitrogens is 8. The smallest absolute Gasteiger partial charge is 0.410 e. The first-order valence-corrected chi connectivity index (χ1v) is 37.5. The Labute approximate surface area is 649 Å². The summed E-state index contributed by atoms with van der Waals surface area (Å²) in [4.78, 5) is 96.2. The van der Waals surface area contributed by atoms with Crippen molar-refractivity contribution in [1.29, 1.82) is 0 Å². The molecule has 0 aliphatic carbocycles. The SMILES string of the molecule is CC(C)(C)OC(=O)N1CCC(C=O)CC1.CC(C)(C)OC(=O)N1CCC(CN2CCC(n3cc([N+](=O)[O-])c(C(F)F)n3)CC2)CC1.CC(C)(C)OC(=O)N1CCC(n2cc([N+](=O)[O-])c(C(F)F)n2)CC1.Cl.O=[N+]([O-])c1cn(C2CCN(CC3CCNCC3)CC2)nc1C(F)F.O=[N+]([O-])c1cn(C2CCNCC2)nc1C(F)F. The van der Waals surface area contributed by atoms with E-state index in [0.29, 0.717) is 70.9 Å². The highest BCUT2D eigenvalue weighted by molar-refractivity contribution is 5.85. The van der Waals surface area contributed by atoms with E-state index in [1.165, 1.54) is 36.5 Å². The number of ether oxygens (including phenoxy) is 3. The molecular weight excluding hydrogens is 1520 g/mol. The third kappa shape index (κ3) is 28.2. The summed E-state index contributed by atoms with van der Waals surface area (Å²) in [6.45, 7) is 28.8. The Morgan fingerprint density at radius 3 is 0.884 bits per heavy atom. The number of rotatable bonds is 17. The predicted octanol–water partition coefficient (Wildman–Crippen LogP) is 13.6. The van der Waals surface area contributed by atoms with Crippen LogP contribution >= 0.6 is 12.4 Å². The molecule has 3 amide bonds. The van der Waals surface area contributed by atoms with Gasteiger partial charge in [-0.25, -0.2) is 49.5 Å². The Kier molecular flexibility index (Phi) is 34.7. The fourth-order valence-electron chi connectivity index (χ4n) is 13.9. The average molecular weight is 1630 g/mol. The van der Waals surface area contributed by atoms with Gasteiger partial charge in [-0.1, -0.05) is 0 Å². The molecule has 7 aliphatic heterocycles. The number of nitrogens with zero attached hydrogens (tertiary/aromatic N) is 17. The van der Waals surface area contributed by atoms with Crippen LogP contribution in [0.3, 0.4) is 0 Å². The molecule has 0 atom stereocenters. The number of alkyl halides is 8. The molecule has 7 fully saturated rings. The summed E-state index contributed by atoms with van der Waals surface area (Å²) in [7, 11) is 0. The van der Waals surface area contributed by atoms with Gasteiger partial charge in [-0.3, -0.25) is 59.2 Å². The maximum atomic E-state index is 13.0. The van der Waals surface area contributed by atoms with Crippen LogP contribution in [0.25, 0.3) is 0 Å². The number of hydrogen-bond acceptors (Lipinski definition) is 23. The number of amides is 3. The minimum atomic E-state index is -3.01. The van der Waals surface area contributed by atoms with Gasteiger partial charge in [0.25, 0.3) is 25.7 Å². The third-order valence-corrected chi connectivity index (χ3v) is 19.8. The second-order valence-corrected chi connectivity index (χ2v) is 31.5. The van der Waals surface area contributed by atoms with Gasteiger partial charge in [-0.05, 0) is 190 Å². The highest BCUT2D eigenvalue weighted by Gasteiger charge is 2.38. The molecule has 7 saturated heterocycles. The number of nitrogens with one attached hydrogen (secondary N) is 2. The summed E-state index contributed by atoms with van der Waals surface area (Å²) < 4.78 is 124. The highest BCUT2D eigenvalue weighted by Crippen LogP contribution is 2.37. The molecule has 11 heterocycles. The highest BCUT2D eigenvalue weighted by atomic mass is 35.5. The van der Waals surface area contributed by atoms with Gasteiger partial charge in [0.05, 0.1) is 43.9 Å². The zero-order valence-corrected chi connectivity index (χ0v) is 65.4. The van der Waals surface area contributed by atoms with Crippen molar-refractivity contribution in [2.45, 2.75) is 219 Å². The first-order valence-electron chi connectivity index (χ1n) is 37.5. The van der Waals surface area contributed by atoms with Gasteiger partial charge in [0.15, 0.2) is 0 Å².